The smallest absolute Gasteiger partial charge is 0.293 e. The molecule has 0 bridgehead atoms. The second-order valence-electron chi connectivity index (χ2n) is 4.23. The second kappa shape index (κ2) is 6.15. The molecule has 1 aromatic rings. The van der Waals surface area contributed by atoms with Gasteiger partial charge < -0.3 is 10.1 Å². The zero-order valence-electron chi connectivity index (χ0n) is 9.74. The van der Waals surface area contributed by atoms with Gasteiger partial charge in [-0.15, -0.1) is 0 Å². The summed E-state index contributed by atoms with van der Waals surface area (Å²) >= 11 is 1.38. The molecule has 1 aromatic heterocycles. The van der Waals surface area contributed by atoms with Crippen LogP contribution in [0, 0.1) is 5.92 Å². The zero-order valence-corrected chi connectivity index (χ0v) is 10.6. The number of aromatic nitrogens is 2. The van der Waals surface area contributed by atoms with E-state index in [2.05, 4.69) is 21.6 Å². The maximum Gasteiger partial charge on any atom is 0.293 e. The molecule has 90 valence electrons. The molecule has 0 aliphatic carbocycles. The topological polar surface area (TPSA) is 47.0 Å². The van der Waals surface area contributed by atoms with Crippen molar-refractivity contribution in [1.29, 1.82) is 0 Å². The highest BCUT2D eigenvalue weighted by molar-refractivity contribution is 7.07. The van der Waals surface area contributed by atoms with E-state index in [9.17, 15) is 0 Å². The molecule has 1 N–H and O–H groups in total. The lowest BCUT2D eigenvalue weighted by Crippen LogP contribution is -2.30. The normalized spacial score (nSPS) is 17.6. The fourth-order valence-corrected chi connectivity index (χ4v) is 2.44. The predicted octanol–water partition coefficient (Wildman–Crippen LogP) is 1.87. The molecule has 1 fully saturated rings. The molecule has 0 radical (unpaired) electrons. The van der Waals surface area contributed by atoms with E-state index in [1.807, 2.05) is 0 Å². The van der Waals surface area contributed by atoms with Crippen LogP contribution in [0.5, 0.6) is 5.19 Å². The third kappa shape index (κ3) is 3.42. The van der Waals surface area contributed by atoms with Crippen molar-refractivity contribution in [1.82, 2.24) is 14.7 Å². The number of piperidine rings is 1. The third-order valence-electron chi connectivity index (χ3n) is 2.82. The van der Waals surface area contributed by atoms with E-state index in [1.165, 1.54) is 24.4 Å². The molecule has 0 saturated carbocycles. The fourth-order valence-electron chi connectivity index (χ4n) is 1.86. The molecule has 4 nitrogen and oxygen atoms in total. The van der Waals surface area contributed by atoms with Crippen molar-refractivity contribution in [3.63, 3.8) is 0 Å². The van der Waals surface area contributed by atoms with Crippen LogP contribution in [0.25, 0.3) is 0 Å². The summed E-state index contributed by atoms with van der Waals surface area (Å²) in [5.74, 6) is 1.60. The van der Waals surface area contributed by atoms with Crippen LogP contribution in [0.3, 0.4) is 0 Å². The zero-order chi connectivity index (χ0) is 11.2. The summed E-state index contributed by atoms with van der Waals surface area (Å²) < 4.78 is 9.95. The third-order valence-corrected chi connectivity index (χ3v) is 3.49. The Labute approximate surface area is 101 Å². The summed E-state index contributed by atoms with van der Waals surface area (Å²) in [4.78, 5) is 4.35. The quantitative estimate of drug-likeness (QED) is 0.855. The van der Waals surface area contributed by atoms with Crippen LogP contribution in [0.1, 0.15) is 32.0 Å². The Kier molecular flexibility index (Phi) is 4.54. The lowest BCUT2D eigenvalue weighted by molar-refractivity contribution is 0.214. The molecule has 16 heavy (non-hydrogen) atoms. The maximum atomic E-state index is 5.69. The first-order chi connectivity index (χ1) is 7.88. The van der Waals surface area contributed by atoms with Crippen LogP contribution in [-0.2, 0) is 6.42 Å². The number of nitrogens with one attached hydrogen (secondary N) is 1. The molecule has 0 unspecified atom stereocenters. The minimum atomic E-state index is 0.680. The molecule has 2 rings (SSSR count). The summed E-state index contributed by atoms with van der Waals surface area (Å²) in [5, 5.41) is 4.09. The molecule has 0 aromatic carbocycles. The number of hydrogen-bond acceptors (Lipinski definition) is 5. The second-order valence-corrected chi connectivity index (χ2v) is 4.95. The minimum absolute atomic E-state index is 0.680. The Hall–Kier alpha value is -0.680. The lowest BCUT2D eigenvalue weighted by Gasteiger charge is -2.21. The molecule has 1 saturated heterocycles. The van der Waals surface area contributed by atoms with E-state index < -0.39 is 0 Å². The summed E-state index contributed by atoms with van der Waals surface area (Å²) in [6.45, 7) is 5.16. The largest absolute Gasteiger partial charge is 0.469 e. The number of hydrogen-bond donors (Lipinski definition) is 1. The van der Waals surface area contributed by atoms with Crippen molar-refractivity contribution in [2.24, 2.45) is 5.92 Å². The fraction of sp³-hybridized carbons (Fsp3) is 0.818. The average Bonchev–Trinajstić information content (AvgIpc) is 2.76. The molecule has 0 atom stereocenters. The van der Waals surface area contributed by atoms with Gasteiger partial charge in [-0.3, -0.25) is 0 Å². The molecular weight excluding hydrogens is 222 g/mol. The Balaban J connectivity index is 1.75. The van der Waals surface area contributed by atoms with Crippen LogP contribution < -0.4 is 10.1 Å². The highest BCUT2D eigenvalue weighted by Crippen LogP contribution is 2.18. The van der Waals surface area contributed by atoms with Gasteiger partial charge in [-0.25, -0.2) is 0 Å². The van der Waals surface area contributed by atoms with E-state index in [0.29, 0.717) is 5.92 Å². The van der Waals surface area contributed by atoms with Crippen LogP contribution >= 0.6 is 11.5 Å². The predicted molar refractivity (Wildman–Crippen MR) is 65.0 cm³/mol. The number of rotatable bonds is 5. The summed E-state index contributed by atoms with van der Waals surface area (Å²) in [7, 11) is 0. The van der Waals surface area contributed by atoms with Crippen LogP contribution in [0.2, 0.25) is 0 Å². The van der Waals surface area contributed by atoms with Crippen LogP contribution in [0.15, 0.2) is 0 Å². The first-order valence-electron chi connectivity index (χ1n) is 6.04. The molecule has 0 amide bonds. The van der Waals surface area contributed by atoms with Gasteiger partial charge >= 0.3 is 0 Å². The van der Waals surface area contributed by atoms with Crippen molar-refractivity contribution >= 4 is 11.5 Å². The first kappa shape index (κ1) is 11.8. The molecule has 2 heterocycles. The molecule has 5 heteroatoms. The first-order valence-corrected chi connectivity index (χ1v) is 6.82. The monoisotopic (exact) mass is 241 g/mol. The standard InChI is InChI=1S/C11H19N3OS/c1-2-3-10-13-11(16-14-10)15-8-9-4-6-12-7-5-9/h9,12H,2-8H2,1H3. The van der Waals surface area contributed by atoms with E-state index in [0.717, 1.165) is 43.6 Å². The maximum absolute atomic E-state index is 5.69. The highest BCUT2D eigenvalue weighted by Gasteiger charge is 2.14. The van der Waals surface area contributed by atoms with E-state index >= 15 is 0 Å². The van der Waals surface area contributed by atoms with Crippen LogP contribution in [0.4, 0.5) is 0 Å². The summed E-state index contributed by atoms with van der Waals surface area (Å²) in [6.07, 6.45) is 4.46. The van der Waals surface area contributed by atoms with E-state index in [1.54, 1.807) is 0 Å². The van der Waals surface area contributed by atoms with Crippen molar-refractivity contribution in [3.8, 4) is 5.19 Å². The van der Waals surface area contributed by atoms with Gasteiger partial charge in [0.2, 0.25) is 0 Å². The Morgan fingerprint density at radius 1 is 1.44 bits per heavy atom. The van der Waals surface area contributed by atoms with Gasteiger partial charge in [0.1, 0.15) is 5.82 Å². The van der Waals surface area contributed by atoms with Crippen molar-refractivity contribution in [2.75, 3.05) is 19.7 Å². The van der Waals surface area contributed by atoms with Gasteiger partial charge in [0.05, 0.1) is 6.61 Å². The van der Waals surface area contributed by atoms with Gasteiger partial charge in [0.15, 0.2) is 0 Å². The molecule has 0 spiro atoms. The van der Waals surface area contributed by atoms with Gasteiger partial charge in [-0.05, 0) is 38.3 Å². The summed E-state index contributed by atoms with van der Waals surface area (Å²) in [5.41, 5.74) is 0. The Bertz CT molecular complexity index is 310. The summed E-state index contributed by atoms with van der Waals surface area (Å²) in [6, 6.07) is 0. The van der Waals surface area contributed by atoms with E-state index in [-0.39, 0.29) is 0 Å². The highest BCUT2D eigenvalue weighted by atomic mass is 32.1. The number of ether oxygens (including phenoxy) is 1. The number of nitrogens with zero attached hydrogens (tertiary/aromatic N) is 2. The minimum Gasteiger partial charge on any atom is -0.469 e. The van der Waals surface area contributed by atoms with Gasteiger partial charge in [0.25, 0.3) is 5.19 Å². The van der Waals surface area contributed by atoms with Crippen molar-refractivity contribution in [2.45, 2.75) is 32.6 Å². The van der Waals surface area contributed by atoms with Gasteiger partial charge in [-0.1, -0.05) is 6.92 Å². The van der Waals surface area contributed by atoms with E-state index in [4.69, 9.17) is 4.74 Å². The Morgan fingerprint density at radius 3 is 3.00 bits per heavy atom. The number of aryl methyl sites for hydroxylation is 1. The SMILES string of the molecule is CCCc1nsc(OCC2CCNCC2)n1. The molecular formula is C11H19N3OS. The van der Waals surface area contributed by atoms with Crippen LogP contribution in [-0.4, -0.2) is 29.1 Å². The lowest BCUT2D eigenvalue weighted by atomic mass is 9.99. The molecule has 1 aliphatic rings. The average molecular weight is 241 g/mol. The van der Waals surface area contributed by atoms with Gasteiger partial charge in [-0.2, -0.15) is 9.36 Å². The molecule has 1 aliphatic heterocycles. The van der Waals surface area contributed by atoms with Crippen molar-refractivity contribution < 1.29 is 4.74 Å². The van der Waals surface area contributed by atoms with Gasteiger partial charge in [0, 0.05) is 18.0 Å². The van der Waals surface area contributed by atoms with Crippen molar-refractivity contribution in [3.05, 3.63) is 5.82 Å². The Morgan fingerprint density at radius 2 is 2.25 bits per heavy atom.